The number of nitrogen functional groups attached to an aromatic ring is 1. The quantitative estimate of drug-likeness (QED) is 0.805. The van der Waals surface area contributed by atoms with E-state index in [0.29, 0.717) is 18.8 Å². The van der Waals surface area contributed by atoms with Crippen molar-refractivity contribution in [2.45, 2.75) is 32.1 Å². The lowest BCUT2D eigenvalue weighted by Gasteiger charge is -2.24. The van der Waals surface area contributed by atoms with E-state index in [1.807, 2.05) is 13.8 Å². The predicted molar refractivity (Wildman–Crippen MR) is 84.8 cm³/mol. The summed E-state index contributed by atoms with van der Waals surface area (Å²) in [4.78, 5) is -0.0693. The van der Waals surface area contributed by atoms with E-state index in [9.17, 15) is 8.42 Å². The van der Waals surface area contributed by atoms with E-state index >= 15 is 0 Å². The van der Waals surface area contributed by atoms with E-state index in [1.54, 1.807) is 6.92 Å². The summed E-state index contributed by atoms with van der Waals surface area (Å²) in [6, 6.07) is 2.80. The summed E-state index contributed by atoms with van der Waals surface area (Å²) in [5, 5.41) is 0.107. The Morgan fingerprint density at radius 2 is 1.75 bits per heavy atom. The van der Waals surface area contributed by atoms with Gasteiger partial charge in [0.2, 0.25) is 10.0 Å². The van der Waals surface area contributed by atoms with Crippen molar-refractivity contribution in [1.29, 1.82) is 0 Å². The van der Waals surface area contributed by atoms with Gasteiger partial charge in [0, 0.05) is 18.8 Å². The van der Waals surface area contributed by atoms with Crippen LogP contribution in [0, 0.1) is 5.92 Å². The van der Waals surface area contributed by atoms with Gasteiger partial charge >= 0.3 is 0 Å². The van der Waals surface area contributed by atoms with Gasteiger partial charge in [-0.15, -0.1) is 0 Å². The second-order valence-electron chi connectivity index (χ2n) is 4.78. The third-order valence-corrected chi connectivity index (χ3v) is 6.05. The molecule has 2 N–H and O–H groups in total. The summed E-state index contributed by atoms with van der Waals surface area (Å²) in [5.41, 5.74) is 5.94. The number of nitrogens with zero attached hydrogens (tertiary/aromatic N) is 1. The highest BCUT2D eigenvalue weighted by Gasteiger charge is 2.29. The Bertz CT molecular complexity index is 553. The van der Waals surface area contributed by atoms with Crippen molar-refractivity contribution >= 4 is 38.9 Å². The Hall–Kier alpha value is -0.490. The van der Waals surface area contributed by atoms with Crippen molar-refractivity contribution in [2.75, 3.05) is 18.8 Å². The van der Waals surface area contributed by atoms with Crippen molar-refractivity contribution in [3.63, 3.8) is 0 Å². The maximum absolute atomic E-state index is 12.7. The zero-order valence-electron chi connectivity index (χ0n) is 11.9. The predicted octanol–water partition coefficient (Wildman–Crippen LogP) is 3.63. The third kappa shape index (κ3) is 3.79. The molecule has 0 aliphatic heterocycles. The van der Waals surface area contributed by atoms with Gasteiger partial charge in [-0.2, -0.15) is 4.31 Å². The van der Waals surface area contributed by atoms with Crippen LogP contribution >= 0.6 is 23.2 Å². The fourth-order valence-corrected chi connectivity index (χ4v) is 4.58. The molecule has 0 amide bonds. The van der Waals surface area contributed by atoms with Gasteiger partial charge in [0.15, 0.2) is 0 Å². The molecule has 7 heteroatoms. The largest absolute Gasteiger partial charge is 0.399 e. The molecule has 4 nitrogen and oxygen atoms in total. The lowest BCUT2D eigenvalue weighted by atomic mass is 10.1. The molecule has 0 bridgehead atoms. The summed E-state index contributed by atoms with van der Waals surface area (Å²) in [7, 11) is -3.72. The maximum atomic E-state index is 12.7. The van der Waals surface area contributed by atoms with E-state index in [0.717, 1.165) is 6.42 Å². The number of hydrogen-bond acceptors (Lipinski definition) is 3. The number of hydrogen-bond donors (Lipinski definition) is 1. The first-order valence-corrected chi connectivity index (χ1v) is 8.68. The van der Waals surface area contributed by atoms with Crippen LogP contribution in [-0.2, 0) is 10.0 Å². The van der Waals surface area contributed by atoms with Crippen molar-refractivity contribution in [3.8, 4) is 0 Å². The number of rotatable bonds is 6. The van der Waals surface area contributed by atoms with E-state index in [2.05, 4.69) is 0 Å². The molecule has 0 saturated heterocycles. The first-order chi connectivity index (χ1) is 9.23. The van der Waals surface area contributed by atoms with Gasteiger partial charge in [0.25, 0.3) is 0 Å². The number of halogens is 2. The molecule has 1 aromatic carbocycles. The van der Waals surface area contributed by atoms with Crippen molar-refractivity contribution < 1.29 is 8.42 Å². The standard InChI is InChI=1S/C13H20Cl2N2O2S/c1-4-9(3)8-17(5-2)20(18,19)13-11(14)6-10(16)7-12(13)15/h6-7,9H,4-5,8,16H2,1-3H3. The molecule has 1 rings (SSSR count). The van der Waals surface area contributed by atoms with Gasteiger partial charge in [-0.05, 0) is 18.1 Å². The minimum atomic E-state index is -3.72. The van der Waals surface area contributed by atoms with Crippen LogP contribution < -0.4 is 5.73 Å². The first kappa shape index (κ1) is 17.6. The van der Waals surface area contributed by atoms with E-state index in [-0.39, 0.29) is 20.9 Å². The molecule has 1 atom stereocenters. The van der Waals surface area contributed by atoms with Crippen LogP contribution in [-0.4, -0.2) is 25.8 Å². The van der Waals surface area contributed by atoms with Crippen molar-refractivity contribution in [3.05, 3.63) is 22.2 Å². The van der Waals surface area contributed by atoms with E-state index < -0.39 is 10.0 Å². The monoisotopic (exact) mass is 338 g/mol. The zero-order chi connectivity index (χ0) is 15.5. The van der Waals surface area contributed by atoms with Gasteiger partial charge in [-0.25, -0.2) is 8.42 Å². The molecule has 0 fully saturated rings. The second-order valence-corrected chi connectivity index (χ2v) is 7.47. The number of nitrogens with two attached hydrogens (primary N) is 1. The molecule has 0 heterocycles. The van der Waals surface area contributed by atoms with Crippen LogP contribution in [0.3, 0.4) is 0 Å². The molecule has 0 aromatic heterocycles. The molecule has 20 heavy (non-hydrogen) atoms. The topological polar surface area (TPSA) is 63.4 Å². The highest BCUT2D eigenvalue weighted by molar-refractivity contribution is 7.89. The average molecular weight is 339 g/mol. The van der Waals surface area contributed by atoms with Gasteiger partial charge in [-0.3, -0.25) is 0 Å². The van der Waals surface area contributed by atoms with Crippen LogP contribution in [0.25, 0.3) is 0 Å². The Kier molecular flexibility index (Phi) is 6.13. The number of anilines is 1. The lowest BCUT2D eigenvalue weighted by Crippen LogP contribution is -2.34. The Labute approximate surface area is 130 Å². The van der Waals surface area contributed by atoms with Gasteiger partial charge in [0.1, 0.15) is 4.90 Å². The Balaban J connectivity index is 3.28. The van der Waals surface area contributed by atoms with Crippen LogP contribution in [0.15, 0.2) is 17.0 Å². The van der Waals surface area contributed by atoms with Crippen LogP contribution in [0.5, 0.6) is 0 Å². The van der Waals surface area contributed by atoms with Gasteiger partial charge in [-0.1, -0.05) is 50.4 Å². The van der Waals surface area contributed by atoms with Gasteiger partial charge in [0.05, 0.1) is 10.0 Å². The normalized spacial score (nSPS) is 13.7. The number of sulfonamides is 1. The smallest absolute Gasteiger partial charge is 0.246 e. The van der Waals surface area contributed by atoms with Crippen LogP contribution in [0.1, 0.15) is 27.2 Å². The molecule has 0 spiro atoms. The fraction of sp³-hybridized carbons (Fsp3) is 0.538. The minimum absolute atomic E-state index is 0.0533. The van der Waals surface area contributed by atoms with Crippen molar-refractivity contribution in [2.24, 2.45) is 5.92 Å². The SMILES string of the molecule is CCC(C)CN(CC)S(=O)(=O)c1c(Cl)cc(N)cc1Cl. The fourth-order valence-electron chi connectivity index (χ4n) is 1.83. The lowest BCUT2D eigenvalue weighted by molar-refractivity contribution is 0.361. The first-order valence-electron chi connectivity index (χ1n) is 6.48. The molecule has 1 aromatic rings. The highest BCUT2D eigenvalue weighted by atomic mass is 35.5. The van der Waals surface area contributed by atoms with E-state index in [1.165, 1.54) is 16.4 Å². The molecular formula is C13H20Cl2N2O2S. The minimum Gasteiger partial charge on any atom is -0.399 e. The van der Waals surface area contributed by atoms with Crippen LogP contribution in [0.2, 0.25) is 10.0 Å². The number of benzene rings is 1. The van der Waals surface area contributed by atoms with E-state index in [4.69, 9.17) is 28.9 Å². The summed E-state index contributed by atoms with van der Waals surface area (Å²) in [5.74, 6) is 0.260. The zero-order valence-corrected chi connectivity index (χ0v) is 14.2. The molecule has 0 aliphatic rings. The molecule has 1 unspecified atom stereocenters. The Morgan fingerprint density at radius 3 is 2.15 bits per heavy atom. The third-order valence-electron chi connectivity index (χ3n) is 3.18. The highest BCUT2D eigenvalue weighted by Crippen LogP contribution is 2.34. The summed E-state index contributed by atoms with van der Waals surface area (Å²) in [6.45, 7) is 6.62. The molecule has 0 saturated carbocycles. The van der Waals surface area contributed by atoms with Crippen LogP contribution in [0.4, 0.5) is 5.69 Å². The molecule has 0 aliphatic carbocycles. The molecule has 114 valence electrons. The van der Waals surface area contributed by atoms with Crippen molar-refractivity contribution in [1.82, 2.24) is 4.31 Å². The average Bonchev–Trinajstić information content (AvgIpc) is 2.33. The molecule has 0 radical (unpaired) electrons. The maximum Gasteiger partial charge on any atom is 0.246 e. The Morgan fingerprint density at radius 1 is 1.25 bits per heavy atom. The summed E-state index contributed by atoms with van der Waals surface area (Å²) in [6.07, 6.45) is 0.898. The second kappa shape index (κ2) is 6.98. The summed E-state index contributed by atoms with van der Waals surface area (Å²) >= 11 is 12.0. The summed E-state index contributed by atoms with van der Waals surface area (Å²) < 4.78 is 26.8. The molecular weight excluding hydrogens is 319 g/mol. The van der Waals surface area contributed by atoms with Gasteiger partial charge < -0.3 is 5.73 Å².